The Bertz CT molecular complexity index is 1140. The van der Waals surface area contributed by atoms with Gasteiger partial charge in [-0.1, -0.05) is 66.7 Å². The Morgan fingerprint density at radius 1 is 0.680 bits per heavy atom. The first-order chi connectivity index (χ1) is 12.1. The maximum Gasteiger partial charge on any atom is 0.336 e. The molecule has 0 atom stereocenters. The molecule has 0 saturated heterocycles. The molecule has 1 N–H and O–H groups in total. The van der Waals surface area contributed by atoms with Crippen LogP contribution in [-0.2, 0) is 0 Å². The van der Waals surface area contributed by atoms with Crippen LogP contribution >= 0.6 is 0 Å². The van der Waals surface area contributed by atoms with Crippen molar-refractivity contribution in [2.75, 3.05) is 0 Å². The Labute approximate surface area is 144 Å². The van der Waals surface area contributed by atoms with Gasteiger partial charge in [0.25, 0.3) is 0 Å². The number of carboxylic acid groups (broad SMARTS) is 1. The highest BCUT2D eigenvalue weighted by molar-refractivity contribution is 6.21. The number of ketones is 1. The summed E-state index contributed by atoms with van der Waals surface area (Å²) in [5, 5.41) is 13.0. The zero-order chi connectivity index (χ0) is 17.4. The lowest BCUT2D eigenvalue weighted by molar-refractivity contribution is 0.0693. The normalized spacial score (nSPS) is 10.9. The third-order valence-corrected chi connectivity index (χ3v) is 4.40. The van der Waals surface area contributed by atoms with Gasteiger partial charge in [0.15, 0.2) is 5.78 Å². The van der Waals surface area contributed by atoms with Gasteiger partial charge >= 0.3 is 5.97 Å². The highest BCUT2D eigenvalue weighted by Crippen LogP contribution is 2.26. The molecule has 0 aliphatic heterocycles. The molecule has 0 aromatic heterocycles. The van der Waals surface area contributed by atoms with Crippen molar-refractivity contribution in [3.8, 4) is 0 Å². The van der Waals surface area contributed by atoms with Crippen LogP contribution in [0.5, 0.6) is 0 Å². The van der Waals surface area contributed by atoms with Gasteiger partial charge in [-0.2, -0.15) is 0 Å². The fourth-order valence-corrected chi connectivity index (χ4v) is 3.17. The molecule has 0 bridgehead atoms. The fourth-order valence-electron chi connectivity index (χ4n) is 3.17. The van der Waals surface area contributed by atoms with Crippen LogP contribution in [0.15, 0.2) is 78.9 Å². The van der Waals surface area contributed by atoms with Crippen molar-refractivity contribution in [3.63, 3.8) is 0 Å². The Kier molecular flexibility index (Phi) is 3.55. The highest BCUT2D eigenvalue weighted by Gasteiger charge is 2.21. The molecule has 0 aliphatic carbocycles. The van der Waals surface area contributed by atoms with E-state index in [4.69, 9.17) is 0 Å². The second-order valence-corrected chi connectivity index (χ2v) is 5.91. The Morgan fingerprint density at radius 2 is 1.32 bits per heavy atom. The van der Waals surface area contributed by atoms with Gasteiger partial charge in [0.05, 0.1) is 5.56 Å². The Balaban J connectivity index is 1.97. The summed E-state index contributed by atoms with van der Waals surface area (Å²) in [5.74, 6) is -1.38. The summed E-state index contributed by atoms with van der Waals surface area (Å²) in [7, 11) is 0. The summed E-state index contributed by atoms with van der Waals surface area (Å²) in [6, 6.07) is 23.8. The molecule has 0 radical (unpaired) electrons. The second-order valence-electron chi connectivity index (χ2n) is 5.91. The molecule has 3 heteroatoms. The van der Waals surface area contributed by atoms with E-state index in [0.717, 1.165) is 16.2 Å². The van der Waals surface area contributed by atoms with E-state index in [1.54, 1.807) is 18.2 Å². The van der Waals surface area contributed by atoms with E-state index in [9.17, 15) is 14.7 Å². The molecular formula is C22H14O3. The first-order valence-electron chi connectivity index (χ1n) is 7.94. The van der Waals surface area contributed by atoms with Crippen molar-refractivity contribution in [1.82, 2.24) is 0 Å². The SMILES string of the molecule is O=C(O)c1ccc2ccccc2c1C(=O)c1ccc2ccccc2c1. The van der Waals surface area contributed by atoms with E-state index in [1.165, 1.54) is 6.07 Å². The topological polar surface area (TPSA) is 54.4 Å². The van der Waals surface area contributed by atoms with E-state index in [0.29, 0.717) is 10.9 Å². The number of carboxylic acids is 1. The van der Waals surface area contributed by atoms with Gasteiger partial charge in [-0.3, -0.25) is 4.79 Å². The van der Waals surface area contributed by atoms with Crippen molar-refractivity contribution in [1.29, 1.82) is 0 Å². The zero-order valence-corrected chi connectivity index (χ0v) is 13.3. The Hall–Kier alpha value is -3.46. The monoisotopic (exact) mass is 326 g/mol. The van der Waals surface area contributed by atoms with Gasteiger partial charge in [0.1, 0.15) is 0 Å². The van der Waals surface area contributed by atoms with E-state index < -0.39 is 5.97 Å². The number of fused-ring (bicyclic) bond motifs is 2. The molecule has 4 rings (SSSR count). The number of carbonyl (C=O) groups excluding carboxylic acids is 1. The minimum absolute atomic E-state index is 0.0249. The van der Waals surface area contributed by atoms with E-state index in [1.807, 2.05) is 54.6 Å². The third-order valence-electron chi connectivity index (χ3n) is 4.40. The van der Waals surface area contributed by atoms with Gasteiger partial charge in [0, 0.05) is 11.1 Å². The van der Waals surface area contributed by atoms with E-state index in [-0.39, 0.29) is 16.9 Å². The Morgan fingerprint density at radius 3 is 2.08 bits per heavy atom. The molecule has 0 amide bonds. The van der Waals surface area contributed by atoms with Gasteiger partial charge in [-0.25, -0.2) is 4.79 Å². The molecule has 0 fully saturated rings. The molecule has 0 aliphatic rings. The average Bonchev–Trinajstić information content (AvgIpc) is 2.66. The van der Waals surface area contributed by atoms with Gasteiger partial charge in [-0.15, -0.1) is 0 Å². The van der Waals surface area contributed by atoms with Crippen LogP contribution in [0.4, 0.5) is 0 Å². The summed E-state index contributed by atoms with van der Waals surface area (Å²) in [6.07, 6.45) is 0. The van der Waals surface area contributed by atoms with Crippen molar-refractivity contribution < 1.29 is 14.7 Å². The number of benzene rings is 4. The first kappa shape index (κ1) is 15.1. The minimum atomic E-state index is -1.10. The number of aromatic carboxylic acids is 1. The maximum absolute atomic E-state index is 13.2. The first-order valence-corrected chi connectivity index (χ1v) is 7.94. The lowest BCUT2D eigenvalue weighted by Gasteiger charge is -2.10. The molecule has 0 unspecified atom stereocenters. The van der Waals surface area contributed by atoms with Crippen LogP contribution in [0.2, 0.25) is 0 Å². The smallest absolute Gasteiger partial charge is 0.336 e. The number of rotatable bonds is 3. The largest absolute Gasteiger partial charge is 0.478 e. The average molecular weight is 326 g/mol. The van der Waals surface area contributed by atoms with Crippen LogP contribution in [0.1, 0.15) is 26.3 Å². The molecule has 0 heterocycles. The maximum atomic E-state index is 13.2. The lowest BCUT2D eigenvalue weighted by atomic mass is 9.92. The molecular weight excluding hydrogens is 312 g/mol. The third kappa shape index (κ3) is 2.56. The summed E-state index contributed by atoms with van der Waals surface area (Å²) in [4.78, 5) is 24.8. The standard InChI is InChI=1S/C22H14O3/c23-21(17-10-9-14-5-1-2-7-16(14)13-17)20-18-8-4-3-6-15(18)11-12-19(20)22(24)25/h1-13H,(H,24,25). The van der Waals surface area contributed by atoms with Crippen molar-refractivity contribution in [2.45, 2.75) is 0 Å². The highest BCUT2D eigenvalue weighted by atomic mass is 16.4. The summed E-state index contributed by atoms with van der Waals surface area (Å²) in [5.41, 5.74) is 0.746. The van der Waals surface area contributed by atoms with E-state index in [2.05, 4.69) is 0 Å². The zero-order valence-electron chi connectivity index (χ0n) is 13.3. The fraction of sp³-hybridized carbons (Fsp3) is 0. The van der Waals surface area contributed by atoms with Crippen molar-refractivity contribution >= 4 is 33.3 Å². The molecule has 4 aromatic rings. The second kappa shape index (κ2) is 5.87. The summed E-state index contributed by atoms with van der Waals surface area (Å²) < 4.78 is 0. The number of hydrogen-bond acceptors (Lipinski definition) is 2. The molecule has 25 heavy (non-hydrogen) atoms. The van der Waals surface area contributed by atoms with Crippen LogP contribution in [-0.4, -0.2) is 16.9 Å². The lowest BCUT2D eigenvalue weighted by Crippen LogP contribution is -2.10. The van der Waals surface area contributed by atoms with Crippen molar-refractivity contribution in [3.05, 3.63) is 95.6 Å². The van der Waals surface area contributed by atoms with Gasteiger partial charge in [-0.05, 0) is 33.7 Å². The van der Waals surface area contributed by atoms with Crippen LogP contribution in [0, 0.1) is 0 Å². The predicted molar refractivity (Wildman–Crippen MR) is 98.3 cm³/mol. The minimum Gasteiger partial charge on any atom is -0.478 e. The quantitative estimate of drug-likeness (QED) is 0.544. The van der Waals surface area contributed by atoms with Crippen LogP contribution in [0.3, 0.4) is 0 Å². The number of hydrogen-bond donors (Lipinski definition) is 1. The summed E-state index contributed by atoms with van der Waals surface area (Å²) in [6.45, 7) is 0. The predicted octanol–water partition coefficient (Wildman–Crippen LogP) is 4.92. The van der Waals surface area contributed by atoms with E-state index >= 15 is 0 Å². The molecule has 3 nitrogen and oxygen atoms in total. The van der Waals surface area contributed by atoms with Gasteiger partial charge < -0.3 is 5.11 Å². The molecule has 0 spiro atoms. The van der Waals surface area contributed by atoms with Crippen LogP contribution in [0.25, 0.3) is 21.5 Å². The van der Waals surface area contributed by atoms with Crippen molar-refractivity contribution in [2.24, 2.45) is 0 Å². The molecule has 4 aromatic carbocycles. The molecule has 120 valence electrons. The summed E-state index contributed by atoms with van der Waals surface area (Å²) >= 11 is 0. The van der Waals surface area contributed by atoms with Crippen LogP contribution < -0.4 is 0 Å². The molecule has 0 saturated carbocycles. The number of carbonyl (C=O) groups is 2. The van der Waals surface area contributed by atoms with Gasteiger partial charge in [0.2, 0.25) is 0 Å².